The van der Waals surface area contributed by atoms with Gasteiger partial charge in [0, 0.05) is 18.8 Å². The van der Waals surface area contributed by atoms with E-state index in [9.17, 15) is 4.79 Å². The highest BCUT2D eigenvalue weighted by atomic mass is 16.1. The van der Waals surface area contributed by atoms with E-state index >= 15 is 0 Å². The Hall–Kier alpha value is -2.18. The molecular formula is C17H23N5O. The highest BCUT2D eigenvalue weighted by molar-refractivity contribution is 5.36. The fourth-order valence-corrected chi connectivity index (χ4v) is 3.12. The maximum Gasteiger partial charge on any atom is 0.354 e. The molecule has 1 aliphatic rings. The second-order valence-electron chi connectivity index (χ2n) is 6.16. The summed E-state index contributed by atoms with van der Waals surface area (Å²) in [5.41, 5.74) is 12.9. The fraction of sp³-hybridized carbons (Fsp3) is 0.412. The molecule has 0 aliphatic heterocycles. The van der Waals surface area contributed by atoms with E-state index in [0.717, 1.165) is 18.8 Å². The summed E-state index contributed by atoms with van der Waals surface area (Å²) in [6, 6.07) is 10.1. The van der Waals surface area contributed by atoms with Crippen LogP contribution in [0.4, 0.5) is 5.82 Å². The number of nitrogens with one attached hydrogen (secondary N) is 1. The summed E-state index contributed by atoms with van der Waals surface area (Å²) in [4.78, 5) is 15.6. The lowest BCUT2D eigenvalue weighted by Gasteiger charge is -2.13. The number of hydrogen-bond acceptors (Lipinski definition) is 5. The molecule has 0 radical (unpaired) electrons. The van der Waals surface area contributed by atoms with Crippen molar-refractivity contribution in [2.45, 2.75) is 31.8 Å². The molecule has 5 N–H and O–H groups in total. The average Bonchev–Trinajstić information content (AvgIpc) is 3.02. The molecule has 0 bridgehead atoms. The molecule has 1 aliphatic carbocycles. The molecule has 2 atom stereocenters. The molecule has 6 nitrogen and oxygen atoms in total. The first kappa shape index (κ1) is 15.7. The molecule has 1 aromatic carbocycles. The van der Waals surface area contributed by atoms with Gasteiger partial charge in [-0.25, -0.2) is 4.79 Å². The largest absolute Gasteiger partial charge is 0.383 e. The normalized spacial score (nSPS) is 20.7. The summed E-state index contributed by atoms with van der Waals surface area (Å²) < 4.78 is 1.48. The van der Waals surface area contributed by atoms with Gasteiger partial charge >= 0.3 is 5.69 Å². The molecule has 0 amide bonds. The molecule has 2 unspecified atom stereocenters. The van der Waals surface area contributed by atoms with Gasteiger partial charge in [0.05, 0.1) is 5.69 Å². The van der Waals surface area contributed by atoms with Gasteiger partial charge in [0.1, 0.15) is 5.82 Å². The van der Waals surface area contributed by atoms with E-state index in [2.05, 4.69) is 10.3 Å². The third-order valence-electron chi connectivity index (χ3n) is 4.51. The minimum Gasteiger partial charge on any atom is -0.383 e. The van der Waals surface area contributed by atoms with Gasteiger partial charge in [0.2, 0.25) is 0 Å². The Kier molecular flexibility index (Phi) is 4.73. The van der Waals surface area contributed by atoms with Crippen LogP contribution in [0.3, 0.4) is 0 Å². The number of hydrogen-bond donors (Lipinski definition) is 3. The van der Waals surface area contributed by atoms with Crippen LogP contribution in [0.15, 0.2) is 41.3 Å². The number of anilines is 1. The van der Waals surface area contributed by atoms with Crippen molar-refractivity contribution < 1.29 is 0 Å². The van der Waals surface area contributed by atoms with Crippen molar-refractivity contribution in [1.29, 1.82) is 0 Å². The van der Waals surface area contributed by atoms with Gasteiger partial charge in [-0.3, -0.25) is 4.57 Å². The predicted molar refractivity (Wildman–Crippen MR) is 91.3 cm³/mol. The monoisotopic (exact) mass is 313 g/mol. The quantitative estimate of drug-likeness (QED) is 0.766. The van der Waals surface area contributed by atoms with Gasteiger partial charge in [-0.15, -0.1) is 0 Å². The van der Waals surface area contributed by atoms with Crippen molar-refractivity contribution in [2.24, 2.45) is 11.7 Å². The van der Waals surface area contributed by atoms with Crippen LogP contribution >= 0.6 is 0 Å². The van der Waals surface area contributed by atoms with E-state index < -0.39 is 0 Å². The van der Waals surface area contributed by atoms with Crippen molar-refractivity contribution in [3.05, 3.63) is 52.6 Å². The van der Waals surface area contributed by atoms with Crippen LogP contribution in [-0.2, 0) is 6.54 Å². The highest BCUT2D eigenvalue weighted by Crippen LogP contribution is 2.24. The van der Waals surface area contributed by atoms with Crippen molar-refractivity contribution in [3.63, 3.8) is 0 Å². The number of nitrogen functional groups attached to an aromatic ring is 1. The number of benzene rings is 1. The maximum absolute atomic E-state index is 11.8. The Bertz CT molecular complexity index is 710. The van der Waals surface area contributed by atoms with Gasteiger partial charge < -0.3 is 16.8 Å². The molecule has 6 heteroatoms. The van der Waals surface area contributed by atoms with Crippen molar-refractivity contribution in [1.82, 2.24) is 14.9 Å². The zero-order valence-corrected chi connectivity index (χ0v) is 13.1. The van der Waals surface area contributed by atoms with E-state index in [1.54, 1.807) is 12.3 Å². The van der Waals surface area contributed by atoms with Crippen molar-refractivity contribution >= 4 is 5.82 Å². The molecule has 1 fully saturated rings. The summed E-state index contributed by atoms with van der Waals surface area (Å²) in [5, 5.41) is 3.59. The SMILES string of the molecule is NCC1CCC(NCc2ccc(-n3ccc(N)nc3=O)cc2)C1. The van der Waals surface area contributed by atoms with E-state index in [4.69, 9.17) is 11.5 Å². The van der Waals surface area contributed by atoms with Crippen LogP contribution in [0.2, 0.25) is 0 Å². The summed E-state index contributed by atoms with van der Waals surface area (Å²) >= 11 is 0. The van der Waals surface area contributed by atoms with E-state index in [0.29, 0.717) is 12.0 Å². The third kappa shape index (κ3) is 3.78. The molecule has 2 aromatic rings. The van der Waals surface area contributed by atoms with Crippen LogP contribution in [0.5, 0.6) is 0 Å². The Morgan fingerprint density at radius 3 is 2.65 bits per heavy atom. The first-order valence-corrected chi connectivity index (χ1v) is 8.03. The van der Waals surface area contributed by atoms with E-state index in [1.807, 2.05) is 24.3 Å². The summed E-state index contributed by atoms with van der Waals surface area (Å²) in [6.45, 7) is 1.62. The molecule has 0 spiro atoms. The molecule has 1 aromatic heterocycles. The molecule has 1 saturated carbocycles. The Morgan fingerprint density at radius 2 is 2.00 bits per heavy atom. The van der Waals surface area contributed by atoms with E-state index in [-0.39, 0.29) is 11.5 Å². The Morgan fingerprint density at radius 1 is 1.22 bits per heavy atom. The van der Waals surface area contributed by atoms with Crippen LogP contribution in [0.1, 0.15) is 24.8 Å². The van der Waals surface area contributed by atoms with Gasteiger partial charge in [-0.1, -0.05) is 12.1 Å². The smallest absolute Gasteiger partial charge is 0.354 e. The predicted octanol–water partition coefficient (Wildman–Crippen LogP) is 1.03. The number of nitrogens with two attached hydrogens (primary N) is 2. The number of rotatable bonds is 5. The van der Waals surface area contributed by atoms with Crippen LogP contribution in [0.25, 0.3) is 5.69 Å². The Labute approximate surface area is 135 Å². The third-order valence-corrected chi connectivity index (χ3v) is 4.51. The van der Waals surface area contributed by atoms with E-state index in [1.165, 1.54) is 29.4 Å². The standard InChI is InChI=1S/C17H23N5O/c18-10-13-1-4-14(9-13)20-11-12-2-5-15(6-3-12)22-8-7-16(19)21-17(22)23/h2-3,5-8,13-14,20H,1,4,9-11,18H2,(H2,19,21,23). The van der Waals surface area contributed by atoms with Gasteiger partial charge in [-0.05, 0) is 55.5 Å². The molecule has 122 valence electrons. The molecular weight excluding hydrogens is 290 g/mol. The van der Waals surface area contributed by atoms with Crippen LogP contribution < -0.4 is 22.5 Å². The average molecular weight is 313 g/mol. The van der Waals surface area contributed by atoms with Crippen molar-refractivity contribution in [2.75, 3.05) is 12.3 Å². The van der Waals surface area contributed by atoms with Gasteiger partial charge in [-0.2, -0.15) is 4.98 Å². The molecule has 1 heterocycles. The Balaban J connectivity index is 1.62. The zero-order chi connectivity index (χ0) is 16.2. The van der Waals surface area contributed by atoms with Gasteiger partial charge in [0.25, 0.3) is 0 Å². The zero-order valence-electron chi connectivity index (χ0n) is 13.1. The second kappa shape index (κ2) is 6.93. The second-order valence-corrected chi connectivity index (χ2v) is 6.16. The van der Waals surface area contributed by atoms with Gasteiger partial charge in [0.15, 0.2) is 0 Å². The minimum atomic E-state index is -0.366. The number of nitrogens with zero attached hydrogens (tertiary/aromatic N) is 2. The molecule has 0 saturated heterocycles. The summed E-state index contributed by atoms with van der Waals surface area (Å²) in [5.74, 6) is 0.902. The summed E-state index contributed by atoms with van der Waals surface area (Å²) in [6.07, 6.45) is 5.23. The maximum atomic E-state index is 11.8. The number of aromatic nitrogens is 2. The summed E-state index contributed by atoms with van der Waals surface area (Å²) in [7, 11) is 0. The lowest BCUT2D eigenvalue weighted by molar-refractivity contribution is 0.490. The lowest BCUT2D eigenvalue weighted by Crippen LogP contribution is -2.26. The fourth-order valence-electron chi connectivity index (χ4n) is 3.12. The minimum absolute atomic E-state index is 0.236. The first-order chi connectivity index (χ1) is 11.2. The first-order valence-electron chi connectivity index (χ1n) is 8.03. The van der Waals surface area contributed by atoms with Crippen LogP contribution in [-0.4, -0.2) is 22.1 Å². The molecule has 23 heavy (non-hydrogen) atoms. The topological polar surface area (TPSA) is 99.0 Å². The van der Waals surface area contributed by atoms with Crippen molar-refractivity contribution in [3.8, 4) is 5.69 Å². The lowest BCUT2D eigenvalue weighted by atomic mass is 10.1. The highest BCUT2D eigenvalue weighted by Gasteiger charge is 2.22. The molecule has 3 rings (SSSR count). The van der Waals surface area contributed by atoms with Crippen LogP contribution in [0, 0.1) is 5.92 Å².